The Hall–Kier alpha value is -2.97. The summed E-state index contributed by atoms with van der Waals surface area (Å²) >= 11 is 0. The number of hydrogen-bond acceptors (Lipinski definition) is 6. The fraction of sp³-hybridized carbons (Fsp3) is 0.308. The molecule has 0 aliphatic heterocycles. The first-order chi connectivity index (χ1) is 10.5. The van der Waals surface area contributed by atoms with E-state index in [1.807, 2.05) is 6.92 Å². The molecule has 0 radical (unpaired) electrons. The lowest BCUT2D eigenvalue weighted by molar-refractivity contribution is -0.385. The van der Waals surface area contributed by atoms with Crippen LogP contribution in [0.3, 0.4) is 0 Å². The van der Waals surface area contributed by atoms with Gasteiger partial charge in [0.1, 0.15) is 0 Å². The minimum atomic E-state index is -0.513. The van der Waals surface area contributed by atoms with Gasteiger partial charge in [-0.15, -0.1) is 0 Å². The molecule has 2 amide bonds. The Kier molecular flexibility index (Phi) is 4.66. The Labute approximate surface area is 125 Å². The van der Waals surface area contributed by atoms with Crippen molar-refractivity contribution in [3.05, 3.63) is 45.6 Å². The van der Waals surface area contributed by atoms with E-state index in [1.165, 1.54) is 6.07 Å². The monoisotopic (exact) mass is 305 g/mol. The predicted octanol–water partition coefficient (Wildman–Crippen LogP) is 2.17. The first-order valence-corrected chi connectivity index (χ1v) is 6.61. The minimum Gasteiger partial charge on any atom is -0.340 e. The zero-order valence-electron chi connectivity index (χ0n) is 12.1. The van der Waals surface area contributed by atoms with Gasteiger partial charge < -0.3 is 15.2 Å². The number of carbonyl (C=O) groups excluding carboxylic acids is 1. The second-order valence-electron chi connectivity index (χ2n) is 4.49. The summed E-state index contributed by atoms with van der Waals surface area (Å²) in [6, 6.07) is 4.05. The predicted molar refractivity (Wildman–Crippen MR) is 77.4 cm³/mol. The number of aryl methyl sites for hydroxylation is 2. The van der Waals surface area contributed by atoms with Crippen molar-refractivity contribution in [2.75, 3.05) is 5.32 Å². The van der Waals surface area contributed by atoms with Crippen LogP contribution in [0.25, 0.3) is 0 Å². The lowest BCUT2D eigenvalue weighted by Crippen LogP contribution is -2.28. The van der Waals surface area contributed by atoms with E-state index in [2.05, 4.69) is 20.8 Å². The van der Waals surface area contributed by atoms with E-state index in [1.54, 1.807) is 19.1 Å². The normalized spacial score (nSPS) is 10.3. The minimum absolute atomic E-state index is 0.0194. The van der Waals surface area contributed by atoms with Crippen LogP contribution in [0.1, 0.15) is 24.2 Å². The van der Waals surface area contributed by atoms with Crippen LogP contribution >= 0.6 is 0 Å². The molecule has 0 spiro atoms. The van der Waals surface area contributed by atoms with Gasteiger partial charge >= 0.3 is 6.03 Å². The molecule has 2 aromatic rings. The summed E-state index contributed by atoms with van der Waals surface area (Å²) in [7, 11) is 0. The van der Waals surface area contributed by atoms with Crippen molar-refractivity contribution in [2.24, 2.45) is 0 Å². The van der Waals surface area contributed by atoms with Gasteiger partial charge in [0.15, 0.2) is 5.82 Å². The average molecular weight is 305 g/mol. The van der Waals surface area contributed by atoms with Crippen LogP contribution in [0.15, 0.2) is 22.7 Å². The molecule has 2 N–H and O–H groups in total. The van der Waals surface area contributed by atoms with Gasteiger partial charge in [0, 0.05) is 24.2 Å². The Morgan fingerprint density at radius 2 is 2.23 bits per heavy atom. The SMILES string of the molecule is CCc1ccc(NC(=O)NCc2noc(C)n2)cc1[N+](=O)[O-]. The van der Waals surface area contributed by atoms with Crippen LogP contribution in [0, 0.1) is 17.0 Å². The second-order valence-corrected chi connectivity index (χ2v) is 4.49. The Bertz CT molecular complexity index is 697. The van der Waals surface area contributed by atoms with Gasteiger partial charge in [0.2, 0.25) is 5.89 Å². The summed E-state index contributed by atoms with van der Waals surface area (Å²) in [5.74, 6) is 0.753. The molecular weight excluding hydrogens is 290 g/mol. The Morgan fingerprint density at radius 1 is 1.45 bits per heavy atom. The molecule has 0 unspecified atom stereocenters. The first kappa shape index (κ1) is 15.4. The number of hydrogen-bond donors (Lipinski definition) is 2. The summed E-state index contributed by atoms with van der Waals surface area (Å²) < 4.78 is 4.77. The first-order valence-electron chi connectivity index (χ1n) is 6.61. The van der Waals surface area contributed by atoms with Crippen LogP contribution in [0.5, 0.6) is 0 Å². The number of carbonyl (C=O) groups is 1. The molecule has 1 heterocycles. The lowest BCUT2D eigenvalue weighted by Gasteiger charge is -2.07. The number of nitro groups is 1. The molecule has 0 saturated heterocycles. The van der Waals surface area contributed by atoms with Gasteiger partial charge in [-0.1, -0.05) is 18.1 Å². The molecule has 2 rings (SSSR count). The smallest absolute Gasteiger partial charge is 0.319 e. The van der Waals surface area contributed by atoms with Gasteiger partial charge in [-0.2, -0.15) is 4.98 Å². The van der Waals surface area contributed by atoms with Gasteiger partial charge in [-0.3, -0.25) is 10.1 Å². The highest BCUT2D eigenvalue weighted by Gasteiger charge is 2.14. The van der Waals surface area contributed by atoms with Crippen molar-refractivity contribution in [3.63, 3.8) is 0 Å². The van der Waals surface area contributed by atoms with Gasteiger partial charge in [-0.05, 0) is 12.5 Å². The number of nitrogens with one attached hydrogen (secondary N) is 2. The Balaban J connectivity index is 1.99. The third-order valence-corrected chi connectivity index (χ3v) is 2.90. The maximum atomic E-state index is 11.7. The maximum Gasteiger partial charge on any atom is 0.319 e. The van der Waals surface area contributed by atoms with E-state index in [4.69, 9.17) is 4.52 Å². The molecule has 9 nitrogen and oxygen atoms in total. The standard InChI is InChI=1S/C13H15N5O4/c1-3-9-4-5-10(6-11(9)18(20)21)16-13(19)14-7-12-15-8(2)22-17-12/h4-6H,3,7H2,1-2H3,(H2,14,16,19). The van der Waals surface area contributed by atoms with E-state index in [9.17, 15) is 14.9 Å². The van der Waals surface area contributed by atoms with Crippen molar-refractivity contribution in [3.8, 4) is 0 Å². The number of nitrogens with zero attached hydrogens (tertiary/aromatic N) is 3. The quantitative estimate of drug-likeness (QED) is 0.644. The van der Waals surface area contributed by atoms with Gasteiger partial charge in [-0.25, -0.2) is 4.79 Å². The molecule has 1 aromatic carbocycles. The second kappa shape index (κ2) is 6.66. The summed E-state index contributed by atoms with van der Waals surface area (Å²) in [5.41, 5.74) is 0.929. The third kappa shape index (κ3) is 3.78. The summed E-state index contributed by atoms with van der Waals surface area (Å²) in [6.07, 6.45) is 0.542. The molecule has 0 bridgehead atoms. The van der Waals surface area contributed by atoms with E-state index in [0.717, 1.165) is 0 Å². The number of urea groups is 1. The van der Waals surface area contributed by atoms with Crippen molar-refractivity contribution < 1.29 is 14.2 Å². The molecule has 0 saturated carbocycles. The molecule has 0 aliphatic carbocycles. The number of nitro benzene ring substituents is 1. The molecule has 22 heavy (non-hydrogen) atoms. The van der Waals surface area contributed by atoms with Crippen LogP contribution in [-0.4, -0.2) is 21.1 Å². The molecule has 1 aromatic heterocycles. The highest BCUT2D eigenvalue weighted by Crippen LogP contribution is 2.23. The van der Waals surface area contributed by atoms with Crippen LogP contribution in [-0.2, 0) is 13.0 Å². The summed E-state index contributed by atoms with van der Waals surface area (Å²) in [5, 5.41) is 19.7. The third-order valence-electron chi connectivity index (χ3n) is 2.90. The van der Waals surface area contributed by atoms with Crippen LogP contribution < -0.4 is 10.6 Å². The molecule has 0 fully saturated rings. The van der Waals surface area contributed by atoms with Crippen molar-refractivity contribution in [2.45, 2.75) is 26.8 Å². The Morgan fingerprint density at radius 3 is 2.82 bits per heavy atom. The zero-order valence-corrected chi connectivity index (χ0v) is 12.1. The highest BCUT2D eigenvalue weighted by atomic mass is 16.6. The van der Waals surface area contributed by atoms with E-state index in [-0.39, 0.29) is 12.2 Å². The number of anilines is 1. The summed E-state index contributed by atoms with van der Waals surface area (Å²) in [4.78, 5) is 26.2. The molecular formula is C13H15N5O4. The number of amides is 2. The zero-order chi connectivity index (χ0) is 16.1. The summed E-state index contributed by atoms with van der Waals surface area (Å²) in [6.45, 7) is 3.57. The van der Waals surface area contributed by atoms with E-state index in [0.29, 0.717) is 29.4 Å². The van der Waals surface area contributed by atoms with Gasteiger partial charge in [0.25, 0.3) is 5.69 Å². The van der Waals surface area contributed by atoms with Crippen molar-refractivity contribution >= 4 is 17.4 Å². The number of benzene rings is 1. The highest BCUT2D eigenvalue weighted by molar-refractivity contribution is 5.89. The molecule has 9 heteroatoms. The van der Waals surface area contributed by atoms with Crippen LogP contribution in [0.4, 0.5) is 16.2 Å². The maximum absolute atomic E-state index is 11.7. The van der Waals surface area contributed by atoms with Crippen molar-refractivity contribution in [1.82, 2.24) is 15.5 Å². The largest absolute Gasteiger partial charge is 0.340 e. The van der Waals surface area contributed by atoms with Crippen LogP contribution in [0.2, 0.25) is 0 Å². The van der Waals surface area contributed by atoms with E-state index < -0.39 is 11.0 Å². The molecule has 0 aliphatic rings. The van der Waals surface area contributed by atoms with Crippen molar-refractivity contribution in [1.29, 1.82) is 0 Å². The number of rotatable bonds is 5. The molecule has 116 valence electrons. The topological polar surface area (TPSA) is 123 Å². The number of aromatic nitrogens is 2. The van der Waals surface area contributed by atoms with E-state index >= 15 is 0 Å². The molecule has 0 atom stereocenters. The van der Waals surface area contributed by atoms with Gasteiger partial charge in [0.05, 0.1) is 11.5 Å². The fourth-order valence-corrected chi connectivity index (χ4v) is 1.86. The fourth-order valence-electron chi connectivity index (χ4n) is 1.86. The lowest BCUT2D eigenvalue weighted by atomic mass is 10.1. The average Bonchev–Trinajstić information content (AvgIpc) is 2.90.